The summed E-state index contributed by atoms with van der Waals surface area (Å²) in [6, 6.07) is 6.59. The Labute approximate surface area is 174 Å². The summed E-state index contributed by atoms with van der Waals surface area (Å²) >= 11 is 2.40. The molecule has 29 heavy (non-hydrogen) atoms. The maximum atomic E-state index is 14.7. The number of benzene rings is 1. The average Bonchev–Trinajstić information content (AvgIpc) is 3.19. The van der Waals surface area contributed by atoms with Gasteiger partial charge in [-0.15, -0.1) is 11.3 Å². The number of fused-ring (bicyclic) bond motifs is 1. The lowest BCUT2D eigenvalue weighted by Gasteiger charge is -2.09. The van der Waals surface area contributed by atoms with Gasteiger partial charge in [0.1, 0.15) is 17.5 Å². The zero-order valence-electron chi connectivity index (χ0n) is 15.7. The number of thioether (sulfide) groups is 1. The lowest BCUT2D eigenvalue weighted by Crippen LogP contribution is -2.25. The highest BCUT2D eigenvalue weighted by Crippen LogP contribution is 2.32. The summed E-state index contributed by atoms with van der Waals surface area (Å²) in [7, 11) is 1.38. The highest BCUT2D eigenvalue weighted by atomic mass is 32.2. The second-order valence-electron chi connectivity index (χ2n) is 5.96. The van der Waals surface area contributed by atoms with Crippen molar-refractivity contribution in [2.45, 2.75) is 18.5 Å². The Morgan fingerprint density at radius 1 is 1.28 bits per heavy atom. The molecule has 0 saturated carbocycles. The molecule has 0 atom stereocenters. The predicted octanol–water partition coefficient (Wildman–Crippen LogP) is 2.73. The van der Waals surface area contributed by atoms with Gasteiger partial charge in [-0.05, 0) is 31.2 Å². The molecule has 0 aliphatic rings. The van der Waals surface area contributed by atoms with E-state index in [1.165, 1.54) is 24.5 Å². The number of hydrogen-bond acceptors (Lipinski definition) is 8. The van der Waals surface area contributed by atoms with E-state index < -0.39 is 18.3 Å². The summed E-state index contributed by atoms with van der Waals surface area (Å²) in [5.41, 5.74) is 0.448. The first kappa shape index (κ1) is 21.2. The maximum absolute atomic E-state index is 14.7. The molecule has 0 aliphatic carbocycles. The molecule has 0 aliphatic heterocycles. The van der Waals surface area contributed by atoms with Gasteiger partial charge >= 0.3 is 0 Å². The molecule has 3 rings (SSSR count). The van der Waals surface area contributed by atoms with Crippen LogP contribution in [0.5, 0.6) is 5.75 Å². The first-order chi connectivity index (χ1) is 13.9. The zero-order chi connectivity index (χ0) is 21.0. The minimum Gasteiger partial charge on any atom is -0.494 e. The number of hydrogen-bond donors (Lipinski definition) is 2. The van der Waals surface area contributed by atoms with Crippen molar-refractivity contribution in [2.75, 3.05) is 19.5 Å². The lowest BCUT2D eigenvalue weighted by molar-refractivity contribution is -0.123. The first-order valence-electron chi connectivity index (χ1n) is 8.56. The van der Waals surface area contributed by atoms with Gasteiger partial charge in [0.25, 0.3) is 0 Å². The van der Waals surface area contributed by atoms with E-state index >= 15 is 0 Å². The Bertz CT molecular complexity index is 1070. The van der Waals surface area contributed by atoms with Crippen molar-refractivity contribution >= 4 is 45.7 Å². The summed E-state index contributed by atoms with van der Waals surface area (Å²) in [5, 5.41) is 11.9. The van der Waals surface area contributed by atoms with Crippen LogP contribution < -0.4 is 10.1 Å². The number of rotatable bonds is 8. The van der Waals surface area contributed by atoms with Crippen LogP contribution in [0.25, 0.3) is 10.9 Å². The monoisotopic (exact) mass is 435 g/mol. The van der Waals surface area contributed by atoms with Gasteiger partial charge in [0.05, 0.1) is 35.2 Å². The topological polar surface area (TPSA) is 101 Å². The van der Waals surface area contributed by atoms with Crippen LogP contribution in [-0.4, -0.2) is 46.2 Å². The van der Waals surface area contributed by atoms with Crippen LogP contribution in [0.3, 0.4) is 0 Å². The van der Waals surface area contributed by atoms with Crippen LogP contribution >= 0.6 is 23.1 Å². The molecule has 3 aromatic rings. The summed E-state index contributed by atoms with van der Waals surface area (Å²) in [6.07, 6.45) is 0. The number of halogens is 1. The molecule has 0 radical (unpaired) electrons. The summed E-state index contributed by atoms with van der Waals surface area (Å²) < 4.78 is 19.8. The fraction of sp³-hybridized carbons (Fsp3) is 0.263. The van der Waals surface area contributed by atoms with E-state index in [4.69, 9.17) is 9.84 Å². The summed E-state index contributed by atoms with van der Waals surface area (Å²) in [5.74, 6) is -0.526. The van der Waals surface area contributed by atoms with Gasteiger partial charge in [0.2, 0.25) is 5.91 Å². The fourth-order valence-electron chi connectivity index (χ4n) is 2.58. The Morgan fingerprint density at radius 2 is 2.07 bits per heavy atom. The SMILES string of the molecule is COc1ccc2nc(C)nc(SCC(=O)c3ccc(CNC(=O)CO)s3)c2c1F. The number of aliphatic hydroxyl groups is 1. The Hall–Kier alpha value is -2.56. The number of aryl methyl sites for hydroxylation is 1. The van der Waals surface area contributed by atoms with E-state index in [0.717, 1.165) is 16.6 Å². The van der Waals surface area contributed by atoms with Crippen molar-refractivity contribution < 1.29 is 23.8 Å². The van der Waals surface area contributed by atoms with Crippen molar-refractivity contribution in [2.24, 2.45) is 0 Å². The second kappa shape index (κ2) is 9.29. The second-order valence-corrected chi connectivity index (χ2v) is 8.10. The van der Waals surface area contributed by atoms with E-state index in [2.05, 4.69) is 15.3 Å². The number of amides is 1. The number of thiophene rings is 1. The molecule has 2 aromatic heterocycles. The van der Waals surface area contributed by atoms with Crippen molar-refractivity contribution in [3.05, 3.63) is 45.7 Å². The minimum absolute atomic E-state index is 0.0746. The molecule has 0 fully saturated rings. The number of nitrogens with one attached hydrogen (secondary N) is 1. The van der Waals surface area contributed by atoms with Crippen LogP contribution in [-0.2, 0) is 11.3 Å². The standard InChI is InChI=1S/C19H18FN3O4S2/c1-10-22-12-4-5-14(27-2)18(20)17(12)19(23-10)28-9-13(25)15-6-3-11(29-15)7-21-16(26)8-24/h3-6,24H,7-9H2,1-2H3,(H,21,26). The molecule has 0 unspecified atom stereocenters. The number of carbonyl (C=O) groups excluding carboxylic acids is 2. The van der Waals surface area contributed by atoms with Gasteiger partial charge in [-0.1, -0.05) is 11.8 Å². The van der Waals surface area contributed by atoms with Crippen LogP contribution in [0.15, 0.2) is 29.3 Å². The predicted molar refractivity (Wildman–Crippen MR) is 109 cm³/mol. The molecule has 1 amide bonds. The van der Waals surface area contributed by atoms with Crippen LogP contribution in [0.4, 0.5) is 4.39 Å². The molecule has 10 heteroatoms. The van der Waals surface area contributed by atoms with Crippen molar-refractivity contribution in [1.29, 1.82) is 0 Å². The molecule has 1 aromatic carbocycles. The number of nitrogens with zero attached hydrogens (tertiary/aromatic N) is 2. The van der Waals surface area contributed by atoms with Gasteiger partial charge in [-0.3, -0.25) is 9.59 Å². The molecule has 7 nitrogen and oxygen atoms in total. The largest absolute Gasteiger partial charge is 0.494 e. The van der Waals surface area contributed by atoms with E-state index in [1.54, 1.807) is 25.1 Å². The van der Waals surface area contributed by atoms with Crippen molar-refractivity contribution in [3.8, 4) is 5.75 Å². The molecule has 0 spiro atoms. The maximum Gasteiger partial charge on any atom is 0.246 e. The molecule has 152 valence electrons. The average molecular weight is 436 g/mol. The highest BCUT2D eigenvalue weighted by Gasteiger charge is 2.17. The van der Waals surface area contributed by atoms with Crippen LogP contribution in [0.1, 0.15) is 20.4 Å². The van der Waals surface area contributed by atoms with E-state index in [-0.39, 0.29) is 29.2 Å². The quantitative estimate of drug-likeness (QED) is 0.319. The van der Waals surface area contributed by atoms with E-state index in [9.17, 15) is 14.0 Å². The Balaban J connectivity index is 1.76. The van der Waals surface area contributed by atoms with Gasteiger partial charge in [0.15, 0.2) is 17.3 Å². The number of Topliss-reactive ketones (excluding diaryl/α,β-unsaturated/α-hetero) is 1. The number of ketones is 1. The normalized spacial score (nSPS) is 10.9. The summed E-state index contributed by atoms with van der Waals surface area (Å²) in [6.45, 7) is 1.37. The molecule has 2 N–H and O–H groups in total. The Kier molecular flexibility index (Phi) is 6.78. The minimum atomic E-state index is -0.582. The zero-order valence-corrected chi connectivity index (χ0v) is 17.3. The smallest absolute Gasteiger partial charge is 0.246 e. The molecule has 0 saturated heterocycles. The number of methoxy groups -OCH3 is 1. The third kappa shape index (κ3) is 4.89. The van der Waals surface area contributed by atoms with Gasteiger partial charge in [0, 0.05) is 4.88 Å². The van der Waals surface area contributed by atoms with Crippen molar-refractivity contribution in [1.82, 2.24) is 15.3 Å². The third-order valence-corrected chi connectivity index (χ3v) is 6.05. The number of carbonyl (C=O) groups is 2. The number of aromatic nitrogens is 2. The molecular formula is C19H18FN3O4S2. The van der Waals surface area contributed by atoms with Gasteiger partial charge < -0.3 is 15.2 Å². The van der Waals surface area contributed by atoms with Gasteiger partial charge in [-0.25, -0.2) is 14.4 Å². The summed E-state index contributed by atoms with van der Waals surface area (Å²) in [4.78, 5) is 33.5. The number of ether oxygens (including phenoxy) is 1. The van der Waals surface area contributed by atoms with Gasteiger partial charge in [-0.2, -0.15) is 0 Å². The molecular weight excluding hydrogens is 417 g/mol. The molecule has 0 bridgehead atoms. The fourth-order valence-corrected chi connectivity index (χ4v) is 4.51. The lowest BCUT2D eigenvalue weighted by atomic mass is 10.2. The van der Waals surface area contributed by atoms with Crippen LogP contribution in [0, 0.1) is 12.7 Å². The number of aliphatic hydroxyl groups excluding tert-OH is 1. The molecule has 2 heterocycles. The highest BCUT2D eigenvalue weighted by molar-refractivity contribution is 8.00. The third-order valence-electron chi connectivity index (χ3n) is 3.94. The van der Waals surface area contributed by atoms with E-state index in [0.29, 0.717) is 21.2 Å². The van der Waals surface area contributed by atoms with E-state index in [1.807, 2.05) is 0 Å². The van der Waals surface area contributed by atoms with Crippen molar-refractivity contribution in [3.63, 3.8) is 0 Å². The Morgan fingerprint density at radius 3 is 2.79 bits per heavy atom. The first-order valence-corrected chi connectivity index (χ1v) is 10.4. The van der Waals surface area contributed by atoms with Crippen LogP contribution in [0.2, 0.25) is 0 Å².